The first kappa shape index (κ1) is 14.8. The zero-order valence-corrected chi connectivity index (χ0v) is 11.5. The maximum Gasteiger partial charge on any atom is 0.258 e. The van der Waals surface area contributed by atoms with E-state index >= 15 is 0 Å². The minimum atomic E-state index is -0.346. The second-order valence-corrected chi connectivity index (χ2v) is 4.38. The third kappa shape index (κ3) is 3.68. The number of halogens is 1. The van der Waals surface area contributed by atoms with Gasteiger partial charge in [-0.2, -0.15) is 0 Å². The molecule has 0 saturated carbocycles. The molecular formula is C17H14FNO2. The highest BCUT2D eigenvalue weighted by Crippen LogP contribution is 2.16. The second-order valence-electron chi connectivity index (χ2n) is 4.38. The summed E-state index contributed by atoms with van der Waals surface area (Å²) < 4.78 is 12.9. The van der Waals surface area contributed by atoms with Crippen LogP contribution < -0.4 is 4.90 Å². The van der Waals surface area contributed by atoms with Crippen LogP contribution in [0.3, 0.4) is 0 Å². The highest BCUT2D eigenvalue weighted by molar-refractivity contribution is 6.05. The van der Waals surface area contributed by atoms with Gasteiger partial charge in [-0.1, -0.05) is 17.9 Å². The zero-order chi connectivity index (χ0) is 15.2. The van der Waals surface area contributed by atoms with Crippen LogP contribution in [0.2, 0.25) is 0 Å². The summed E-state index contributed by atoms with van der Waals surface area (Å²) in [6.45, 7) is -0.229. The Bertz CT molecular complexity index is 699. The Morgan fingerprint density at radius 3 is 2.62 bits per heavy atom. The fourth-order valence-electron chi connectivity index (χ4n) is 1.85. The lowest BCUT2D eigenvalue weighted by Gasteiger charge is -2.17. The van der Waals surface area contributed by atoms with Crippen molar-refractivity contribution < 1.29 is 14.3 Å². The van der Waals surface area contributed by atoms with Crippen LogP contribution in [0.1, 0.15) is 15.9 Å². The third-order valence-electron chi connectivity index (χ3n) is 2.94. The molecule has 0 heterocycles. The predicted octanol–water partition coefficient (Wildman–Crippen LogP) is 2.45. The lowest BCUT2D eigenvalue weighted by molar-refractivity contribution is 0.0993. The van der Waals surface area contributed by atoms with Crippen molar-refractivity contribution in [1.29, 1.82) is 0 Å². The Kier molecular flexibility index (Phi) is 4.70. The van der Waals surface area contributed by atoms with E-state index in [2.05, 4.69) is 11.8 Å². The molecule has 0 aliphatic heterocycles. The van der Waals surface area contributed by atoms with E-state index in [0.717, 1.165) is 0 Å². The lowest BCUT2D eigenvalue weighted by Crippen LogP contribution is -2.26. The molecule has 2 aromatic carbocycles. The molecule has 4 heteroatoms. The largest absolute Gasteiger partial charge is 0.384 e. The summed E-state index contributed by atoms with van der Waals surface area (Å²) >= 11 is 0. The van der Waals surface area contributed by atoms with Crippen molar-refractivity contribution in [3.05, 3.63) is 65.5 Å². The van der Waals surface area contributed by atoms with Gasteiger partial charge in [-0.15, -0.1) is 0 Å². The number of benzene rings is 2. The summed E-state index contributed by atoms with van der Waals surface area (Å²) in [5, 5.41) is 8.69. The van der Waals surface area contributed by atoms with Gasteiger partial charge < -0.3 is 10.0 Å². The summed E-state index contributed by atoms with van der Waals surface area (Å²) in [5.74, 6) is 4.73. The van der Waals surface area contributed by atoms with Gasteiger partial charge in [0.2, 0.25) is 0 Å². The van der Waals surface area contributed by atoms with Gasteiger partial charge in [0.05, 0.1) is 0 Å². The molecule has 0 spiro atoms. The SMILES string of the molecule is CN(C(=O)c1cccc(C#CCO)c1)c1ccc(F)cc1. The van der Waals surface area contributed by atoms with E-state index in [1.54, 1.807) is 43.4 Å². The summed E-state index contributed by atoms with van der Waals surface area (Å²) in [4.78, 5) is 13.8. The number of carbonyl (C=O) groups excluding carboxylic acids is 1. The van der Waals surface area contributed by atoms with E-state index in [1.807, 2.05) is 0 Å². The molecule has 0 aliphatic rings. The Balaban J connectivity index is 2.25. The summed E-state index contributed by atoms with van der Waals surface area (Å²) in [7, 11) is 1.63. The summed E-state index contributed by atoms with van der Waals surface area (Å²) in [6.07, 6.45) is 0. The van der Waals surface area contributed by atoms with Crippen molar-refractivity contribution >= 4 is 11.6 Å². The third-order valence-corrected chi connectivity index (χ3v) is 2.94. The molecule has 0 radical (unpaired) electrons. The van der Waals surface area contributed by atoms with E-state index in [1.165, 1.54) is 17.0 Å². The van der Waals surface area contributed by atoms with Gasteiger partial charge in [0.25, 0.3) is 5.91 Å². The van der Waals surface area contributed by atoms with Crippen molar-refractivity contribution in [2.45, 2.75) is 0 Å². The summed E-state index contributed by atoms with van der Waals surface area (Å²) in [6, 6.07) is 12.5. The van der Waals surface area contributed by atoms with Crippen LogP contribution >= 0.6 is 0 Å². The Morgan fingerprint density at radius 1 is 1.24 bits per heavy atom. The first-order valence-electron chi connectivity index (χ1n) is 6.35. The molecule has 2 rings (SSSR count). The molecule has 2 aromatic rings. The predicted molar refractivity (Wildman–Crippen MR) is 79.5 cm³/mol. The normalized spacial score (nSPS) is 9.67. The minimum absolute atomic E-state index is 0.214. The van der Waals surface area contributed by atoms with Gasteiger partial charge in [-0.3, -0.25) is 4.79 Å². The molecular weight excluding hydrogens is 269 g/mol. The van der Waals surface area contributed by atoms with Crippen LogP contribution in [-0.4, -0.2) is 24.7 Å². The number of hydrogen-bond donors (Lipinski definition) is 1. The van der Waals surface area contributed by atoms with E-state index in [9.17, 15) is 9.18 Å². The number of aliphatic hydroxyl groups is 1. The van der Waals surface area contributed by atoms with Crippen molar-refractivity contribution in [3.8, 4) is 11.8 Å². The first-order chi connectivity index (χ1) is 10.1. The first-order valence-corrected chi connectivity index (χ1v) is 6.35. The standard InChI is InChI=1S/C17H14FNO2/c1-19(16-9-7-15(18)8-10-16)17(21)14-6-2-4-13(12-14)5-3-11-20/h2,4,6-10,12,20H,11H2,1H3. The van der Waals surface area contributed by atoms with Crippen molar-refractivity contribution in [2.24, 2.45) is 0 Å². The molecule has 0 aromatic heterocycles. The highest BCUT2D eigenvalue weighted by Gasteiger charge is 2.13. The van der Waals surface area contributed by atoms with Gasteiger partial charge in [0.1, 0.15) is 12.4 Å². The molecule has 0 fully saturated rings. The maximum atomic E-state index is 12.9. The van der Waals surface area contributed by atoms with E-state index in [0.29, 0.717) is 16.8 Å². The minimum Gasteiger partial charge on any atom is -0.384 e. The highest BCUT2D eigenvalue weighted by atomic mass is 19.1. The number of carbonyl (C=O) groups is 1. The molecule has 0 aliphatic carbocycles. The number of amides is 1. The van der Waals surface area contributed by atoms with Crippen LogP contribution in [0, 0.1) is 17.7 Å². The monoisotopic (exact) mass is 283 g/mol. The van der Waals surface area contributed by atoms with Gasteiger partial charge >= 0.3 is 0 Å². The molecule has 0 unspecified atom stereocenters. The average molecular weight is 283 g/mol. The van der Waals surface area contributed by atoms with E-state index < -0.39 is 0 Å². The van der Waals surface area contributed by atoms with E-state index in [4.69, 9.17) is 5.11 Å². The van der Waals surface area contributed by atoms with Crippen LogP contribution in [0.5, 0.6) is 0 Å². The van der Waals surface area contributed by atoms with Crippen LogP contribution in [0.4, 0.5) is 10.1 Å². The zero-order valence-electron chi connectivity index (χ0n) is 11.5. The molecule has 21 heavy (non-hydrogen) atoms. The number of aliphatic hydroxyl groups excluding tert-OH is 1. The van der Waals surface area contributed by atoms with Gasteiger partial charge in [0, 0.05) is 23.9 Å². The van der Waals surface area contributed by atoms with Crippen molar-refractivity contribution in [1.82, 2.24) is 0 Å². The number of hydrogen-bond acceptors (Lipinski definition) is 2. The summed E-state index contributed by atoms with van der Waals surface area (Å²) in [5.41, 5.74) is 1.74. The van der Waals surface area contributed by atoms with Crippen LogP contribution in [0.25, 0.3) is 0 Å². The average Bonchev–Trinajstić information content (AvgIpc) is 2.52. The molecule has 0 bridgehead atoms. The van der Waals surface area contributed by atoms with Gasteiger partial charge in [-0.05, 0) is 42.5 Å². The molecule has 0 atom stereocenters. The molecule has 1 N–H and O–H groups in total. The molecule has 106 valence electrons. The van der Waals surface area contributed by atoms with Gasteiger partial charge in [0.15, 0.2) is 0 Å². The van der Waals surface area contributed by atoms with Crippen molar-refractivity contribution in [3.63, 3.8) is 0 Å². The lowest BCUT2D eigenvalue weighted by atomic mass is 10.1. The Labute approximate surface area is 122 Å². The quantitative estimate of drug-likeness (QED) is 0.860. The molecule has 1 amide bonds. The Morgan fingerprint density at radius 2 is 1.95 bits per heavy atom. The van der Waals surface area contributed by atoms with Crippen molar-refractivity contribution in [2.75, 3.05) is 18.6 Å². The molecule has 3 nitrogen and oxygen atoms in total. The van der Waals surface area contributed by atoms with Crippen LogP contribution in [-0.2, 0) is 0 Å². The number of nitrogens with zero attached hydrogens (tertiary/aromatic N) is 1. The molecule has 0 saturated heterocycles. The number of rotatable bonds is 2. The van der Waals surface area contributed by atoms with E-state index in [-0.39, 0.29) is 18.3 Å². The Hall–Kier alpha value is -2.64. The maximum absolute atomic E-state index is 12.9. The van der Waals surface area contributed by atoms with Crippen LogP contribution in [0.15, 0.2) is 48.5 Å². The fourth-order valence-corrected chi connectivity index (χ4v) is 1.85. The smallest absolute Gasteiger partial charge is 0.258 e. The number of anilines is 1. The fraction of sp³-hybridized carbons (Fsp3) is 0.118. The second kappa shape index (κ2) is 6.69. The van der Waals surface area contributed by atoms with Gasteiger partial charge in [-0.25, -0.2) is 4.39 Å². The topological polar surface area (TPSA) is 40.5 Å².